The highest BCUT2D eigenvalue weighted by molar-refractivity contribution is 5.92. The molecule has 0 spiro atoms. The van der Waals surface area contributed by atoms with Gasteiger partial charge in [-0.25, -0.2) is 4.79 Å². The van der Waals surface area contributed by atoms with E-state index in [1.54, 1.807) is 0 Å². The van der Waals surface area contributed by atoms with E-state index in [1.807, 2.05) is 6.07 Å². The predicted molar refractivity (Wildman–Crippen MR) is 64.8 cm³/mol. The van der Waals surface area contributed by atoms with E-state index >= 15 is 0 Å². The Bertz CT molecular complexity index is 402. The first kappa shape index (κ1) is 15.0. The number of aliphatic carboxylic acids is 1. The van der Waals surface area contributed by atoms with Crippen molar-refractivity contribution in [1.82, 2.24) is 10.6 Å². The molecular weight excluding hydrogens is 250 g/mol. The van der Waals surface area contributed by atoms with Crippen LogP contribution in [-0.4, -0.2) is 35.0 Å². The quantitative estimate of drug-likeness (QED) is 0.557. The van der Waals surface area contributed by atoms with E-state index in [0.717, 1.165) is 0 Å². The van der Waals surface area contributed by atoms with Gasteiger partial charge >= 0.3 is 5.97 Å². The summed E-state index contributed by atoms with van der Waals surface area (Å²) < 4.78 is 0. The van der Waals surface area contributed by atoms with Crippen molar-refractivity contribution in [3.8, 4) is 6.07 Å². The van der Waals surface area contributed by atoms with Crippen molar-refractivity contribution < 1.29 is 19.5 Å². The Labute approximate surface area is 111 Å². The lowest BCUT2D eigenvalue weighted by molar-refractivity contribution is -0.142. The standard InChI is InChI=1S/C12H17N3O4/c13-7-3-1-2-4-9(12(18)19)15-11(17)8-5-6-10(16)14-8/h8-9H,1-6H2,(H,14,16)(H,15,17)(H,18,19)/t8-,9-/m1/s1. The zero-order valence-corrected chi connectivity index (χ0v) is 10.5. The van der Waals surface area contributed by atoms with Crippen LogP contribution in [0.5, 0.6) is 0 Å². The van der Waals surface area contributed by atoms with Crippen molar-refractivity contribution in [1.29, 1.82) is 5.26 Å². The molecule has 7 heteroatoms. The Hall–Kier alpha value is -2.10. The second-order valence-corrected chi connectivity index (χ2v) is 4.46. The van der Waals surface area contributed by atoms with Crippen LogP contribution in [0.15, 0.2) is 0 Å². The van der Waals surface area contributed by atoms with Crippen LogP contribution in [0.3, 0.4) is 0 Å². The molecule has 1 saturated heterocycles. The van der Waals surface area contributed by atoms with Crippen molar-refractivity contribution in [3.63, 3.8) is 0 Å². The van der Waals surface area contributed by atoms with E-state index in [4.69, 9.17) is 10.4 Å². The van der Waals surface area contributed by atoms with Gasteiger partial charge in [0.25, 0.3) is 0 Å². The molecule has 0 bridgehead atoms. The number of carbonyl (C=O) groups is 3. The minimum Gasteiger partial charge on any atom is -0.480 e. The van der Waals surface area contributed by atoms with Crippen LogP contribution in [0.1, 0.15) is 38.5 Å². The summed E-state index contributed by atoms with van der Waals surface area (Å²) in [5.74, 6) is -1.76. The largest absolute Gasteiger partial charge is 0.480 e. The maximum Gasteiger partial charge on any atom is 0.326 e. The summed E-state index contributed by atoms with van der Waals surface area (Å²) in [6.45, 7) is 0. The fraction of sp³-hybridized carbons (Fsp3) is 0.667. The van der Waals surface area contributed by atoms with E-state index in [-0.39, 0.29) is 18.7 Å². The van der Waals surface area contributed by atoms with Gasteiger partial charge in [0.1, 0.15) is 12.1 Å². The van der Waals surface area contributed by atoms with Crippen molar-refractivity contribution >= 4 is 17.8 Å². The van der Waals surface area contributed by atoms with E-state index in [1.165, 1.54) is 0 Å². The summed E-state index contributed by atoms with van der Waals surface area (Å²) in [6.07, 6.45) is 2.50. The highest BCUT2D eigenvalue weighted by atomic mass is 16.4. The number of unbranched alkanes of at least 4 members (excludes halogenated alkanes) is 2. The normalized spacial score (nSPS) is 19.3. The number of carboxylic acids is 1. The molecule has 7 nitrogen and oxygen atoms in total. The number of carboxylic acid groups (broad SMARTS) is 1. The van der Waals surface area contributed by atoms with Crippen molar-refractivity contribution in [2.45, 2.75) is 50.6 Å². The molecule has 2 amide bonds. The summed E-state index contributed by atoms with van der Waals surface area (Å²) in [4.78, 5) is 33.7. The summed E-state index contributed by atoms with van der Waals surface area (Å²) in [5.41, 5.74) is 0. The molecule has 0 saturated carbocycles. The molecule has 0 aromatic rings. The number of hydrogen-bond donors (Lipinski definition) is 3. The molecule has 1 rings (SSSR count). The van der Waals surface area contributed by atoms with Crippen LogP contribution in [0, 0.1) is 11.3 Å². The molecule has 2 atom stereocenters. The van der Waals surface area contributed by atoms with Crippen molar-refractivity contribution in [2.75, 3.05) is 0 Å². The second kappa shape index (κ2) is 7.36. The van der Waals surface area contributed by atoms with Gasteiger partial charge in [-0.3, -0.25) is 9.59 Å². The Morgan fingerprint density at radius 2 is 2.26 bits per heavy atom. The molecule has 0 aliphatic carbocycles. The molecule has 1 aliphatic rings. The zero-order valence-electron chi connectivity index (χ0n) is 10.5. The molecule has 1 aliphatic heterocycles. The topological polar surface area (TPSA) is 119 Å². The van der Waals surface area contributed by atoms with E-state index in [9.17, 15) is 14.4 Å². The first-order chi connectivity index (χ1) is 9.04. The summed E-state index contributed by atoms with van der Waals surface area (Å²) in [6, 6.07) is 0.379. The minimum atomic E-state index is -1.10. The molecule has 3 N–H and O–H groups in total. The fourth-order valence-electron chi connectivity index (χ4n) is 1.89. The summed E-state index contributed by atoms with van der Waals surface area (Å²) >= 11 is 0. The van der Waals surface area contributed by atoms with Gasteiger partial charge in [-0.05, 0) is 25.7 Å². The Kier molecular flexibility index (Phi) is 5.79. The molecule has 0 aromatic carbocycles. The minimum absolute atomic E-state index is 0.193. The average Bonchev–Trinajstić information content (AvgIpc) is 2.79. The first-order valence-electron chi connectivity index (χ1n) is 6.24. The Morgan fingerprint density at radius 1 is 1.53 bits per heavy atom. The van der Waals surface area contributed by atoms with Gasteiger partial charge in [-0.15, -0.1) is 0 Å². The van der Waals surface area contributed by atoms with E-state index < -0.39 is 24.0 Å². The SMILES string of the molecule is N#CCCCC[C@@H](NC(=O)[C@H]1CCC(=O)N1)C(=O)O. The highest BCUT2D eigenvalue weighted by Gasteiger charge is 2.30. The number of nitriles is 1. The number of nitrogens with zero attached hydrogens (tertiary/aromatic N) is 1. The van der Waals surface area contributed by atoms with Gasteiger partial charge in [-0.2, -0.15) is 5.26 Å². The van der Waals surface area contributed by atoms with Gasteiger partial charge in [0, 0.05) is 12.8 Å². The third kappa shape index (κ3) is 4.95. The van der Waals surface area contributed by atoms with Crippen LogP contribution < -0.4 is 10.6 Å². The van der Waals surface area contributed by atoms with Crippen LogP contribution in [0.25, 0.3) is 0 Å². The highest BCUT2D eigenvalue weighted by Crippen LogP contribution is 2.08. The molecule has 19 heavy (non-hydrogen) atoms. The van der Waals surface area contributed by atoms with Crippen LogP contribution in [0.4, 0.5) is 0 Å². The summed E-state index contributed by atoms with van der Waals surface area (Å²) in [5, 5.41) is 22.3. The number of amides is 2. The van der Waals surface area contributed by atoms with Crippen LogP contribution in [0.2, 0.25) is 0 Å². The Balaban J connectivity index is 2.40. The van der Waals surface area contributed by atoms with Gasteiger partial charge in [-0.1, -0.05) is 0 Å². The molecule has 0 aromatic heterocycles. The molecule has 104 valence electrons. The summed E-state index contributed by atoms with van der Waals surface area (Å²) in [7, 11) is 0. The third-order valence-electron chi connectivity index (χ3n) is 2.96. The molecule has 1 fully saturated rings. The van der Waals surface area contributed by atoms with E-state index in [0.29, 0.717) is 25.7 Å². The lowest BCUT2D eigenvalue weighted by atomic mass is 10.1. The Morgan fingerprint density at radius 3 is 2.79 bits per heavy atom. The molecule has 0 radical (unpaired) electrons. The monoisotopic (exact) mass is 267 g/mol. The maximum atomic E-state index is 11.8. The van der Waals surface area contributed by atoms with Gasteiger partial charge in [0.15, 0.2) is 0 Å². The lowest BCUT2D eigenvalue weighted by Crippen LogP contribution is -2.48. The van der Waals surface area contributed by atoms with Crippen LogP contribution in [-0.2, 0) is 14.4 Å². The third-order valence-corrected chi connectivity index (χ3v) is 2.96. The maximum absolute atomic E-state index is 11.8. The smallest absolute Gasteiger partial charge is 0.326 e. The second-order valence-electron chi connectivity index (χ2n) is 4.46. The fourth-order valence-corrected chi connectivity index (χ4v) is 1.89. The number of nitrogens with one attached hydrogen (secondary N) is 2. The molecular formula is C12H17N3O4. The van der Waals surface area contributed by atoms with Gasteiger partial charge < -0.3 is 15.7 Å². The lowest BCUT2D eigenvalue weighted by Gasteiger charge is -2.17. The van der Waals surface area contributed by atoms with E-state index in [2.05, 4.69) is 10.6 Å². The van der Waals surface area contributed by atoms with Gasteiger partial charge in [0.2, 0.25) is 11.8 Å². The predicted octanol–water partition coefficient (Wildman–Crippen LogP) is -0.0816. The number of rotatable bonds is 7. The number of hydrogen-bond acceptors (Lipinski definition) is 4. The van der Waals surface area contributed by atoms with Crippen molar-refractivity contribution in [2.24, 2.45) is 0 Å². The van der Waals surface area contributed by atoms with Crippen molar-refractivity contribution in [3.05, 3.63) is 0 Å². The van der Waals surface area contributed by atoms with Crippen LogP contribution >= 0.6 is 0 Å². The van der Waals surface area contributed by atoms with Gasteiger partial charge in [0.05, 0.1) is 6.07 Å². The number of carbonyl (C=O) groups excluding carboxylic acids is 2. The average molecular weight is 267 g/mol. The molecule has 0 unspecified atom stereocenters. The zero-order chi connectivity index (χ0) is 14.3. The molecule has 1 heterocycles. The first-order valence-corrected chi connectivity index (χ1v) is 6.24.